The molecule has 0 saturated carbocycles. The fraction of sp³-hybridized carbons (Fsp3) is 0.778. The highest BCUT2D eigenvalue weighted by Gasteiger charge is 2.29. The maximum Gasteiger partial charge on any atom is 0.407 e. The minimum atomic E-state index is -0.929. The zero-order valence-corrected chi connectivity index (χ0v) is 8.56. The number of Topliss-reactive ketones (excluding diaryl/α,β-unsaturated/α-hetero) is 1. The lowest BCUT2D eigenvalue weighted by molar-refractivity contribution is -0.126. The normalized spacial score (nSPS) is 22.9. The number of hydrogen-bond acceptors (Lipinski definition) is 3. The number of nitrogens with zero attached hydrogens (tertiary/aromatic N) is 2. The van der Waals surface area contributed by atoms with Crippen LogP contribution in [0.1, 0.15) is 6.42 Å². The summed E-state index contributed by atoms with van der Waals surface area (Å²) in [4.78, 5) is 25.4. The molecule has 0 aliphatic carbocycles. The van der Waals surface area contributed by atoms with Gasteiger partial charge in [0.05, 0.1) is 0 Å². The Morgan fingerprint density at radius 3 is 2.79 bits per heavy atom. The maximum atomic E-state index is 11.5. The minimum absolute atomic E-state index is 0.158. The number of carbonyl (C=O) groups excluding carboxylic acids is 1. The van der Waals surface area contributed by atoms with Crippen LogP contribution in [0.2, 0.25) is 0 Å². The highest BCUT2D eigenvalue weighted by atomic mass is 16.4. The summed E-state index contributed by atoms with van der Waals surface area (Å²) in [5.74, 6) is 0.0195. The van der Waals surface area contributed by atoms with Gasteiger partial charge in [0.25, 0.3) is 0 Å². The zero-order valence-electron chi connectivity index (χ0n) is 8.56. The molecular weight excluding hydrogens is 184 g/mol. The van der Waals surface area contributed by atoms with Crippen molar-refractivity contribution in [3.05, 3.63) is 0 Å². The van der Waals surface area contributed by atoms with Gasteiger partial charge in [-0.2, -0.15) is 0 Å². The topological polar surface area (TPSA) is 60.9 Å². The van der Waals surface area contributed by atoms with Gasteiger partial charge < -0.3 is 14.9 Å². The van der Waals surface area contributed by atoms with E-state index in [4.69, 9.17) is 5.11 Å². The Morgan fingerprint density at radius 1 is 1.64 bits per heavy atom. The molecule has 1 aliphatic rings. The van der Waals surface area contributed by atoms with E-state index < -0.39 is 6.09 Å². The Morgan fingerprint density at radius 2 is 2.29 bits per heavy atom. The third kappa shape index (κ3) is 2.70. The van der Waals surface area contributed by atoms with Gasteiger partial charge in [-0.25, -0.2) is 4.79 Å². The number of carbonyl (C=O) groups is 2. The summed E-state index contributed by atoms with van der Waals surface area (Å²) >= 11 is 0. The molecule has 5 heteroatoms. The van der Waals surface area contributed by atoms with Crippen LogP contribution in [0.15, 0.2) is 0 Å². The molecule has 1 rings (SSSR count). The molecule has 0 unspecified atom stereocenters. The van der Waals surface area contributed by atoms with Gasteiger partial charge in [-0.15, -0.1) is 0 Å². The maximum absolute atomic E-state index is 11.5. The number of carboxylic acid groups (broad SMARTS) is 1. The van der Waals surface area contributed by atoms with Gasteiger partial charge in [0.1, 0.15) is 5.78 Å². The van der Waals surface area contributed by atoms with E-state index in [9.17, 15) is 9.59 Å². The van der Waals surface area contributed by atoms with E-state index >= 15 is 0 Å². The minimum Gasteiger partial charge on any atom is -0.465 e. The van der Waals surface area contributed by atoms with Crippen LogP contribution in [0.5, 0.6) is 0 Å². The lowest BCUT2D eigenvalue weighted by Gasteiger charge is -2.31. The van der Waals surface area contributed by atoms with Gasteiger partial charge in [0.2, 0.25) is 0 Å². The van der Waals surface area contributed by atoms with Crippen molar-refractivity contribution < 1.29 is 14.7 Å². The molecule has 0 aromatic heterocycles. The van der Waals surface area contributed by atoms with Crippen LogP contribution < -0.4 is 0 Å². The molecule has 0 bridgehead atoms. The van der Waals surface area contributed by atoms with Crippen LogP contribution in [0, 0.1) is 5.92 Å². The molecule has 0 spiro atoms. The standard InChI is InChI=1S/C9H16N2O3/c1-10(2)5-7-6-11(9(13)14)4-3-8(7)12/h7H,3-6H2,1-2H3,(H,13,14)/t7-/m0/s1. The van der Waals surface area contributed by atoms with Gasteiger partial charge >= 0.3 is 6.09 Å². The molecule has 80 valence electrons. The van der Waals surface area contributed by atoms with Gasteiger partial charge in [-0.05, 0) is 14.1 Å². The quantitative estimate of drug-likeness (QED) is 0.687. The zero-order chi connectivity index (χ0) is 10.7. The molecule has 0 aromatic rings. The average Bonchev–Trinajstić information content (AvgIpc) is 2.07. The molecule has 1 atom stereocenters. The lowest BCUT2D eigenvalue weighted by atomic mass is 9.96. The van der Waals surface area contributed by atoms with Crippen molar-refractivity contribution in [3.8, 4) is 0 Å². The van der Waals surface area contributed by atoms with Crippen molar-refractivity contribution >= 4 is 11.9 Å². The Kier molecular flexibility index (Phi) is 3.46. The SMILES string of the molecule is CN(C)C[C@H]1CN(C(=O)O)CCC1=O. The number of amides is 1. The van der Waals surface area contributed by atoms with E-state index in [1.165, 1.54) is 4.90 Å². The smallest absolute Gasteiger partial charge is 0.407 e. The van der Waals surface area contributed by atoms with Crippen LogP contribution in [0.25, 0.3) is 0 Å². The highest BCUT2D eigenvalue weighted by molar-refractivity contribution is 5.83. The van der Waals surface area contributed by atoms with Crippen LogP contribution in [-0.2, 0) is 4.79 Å². The van der Waals surface area contributed by atoms with Crippen LogP contribution in [0.3, 0.4) is 0 Å². The predicted molar refractivity (Wildman–Crippen MR) is 51.3 cm³/mol. The first-order valence-corrected chi connectivity index (χ1v) is 4.66. The van der Waals surface area contributed by atoms with Crippen molar-refractivity contribution in [1.82, 2.24) is 9.80 Å². The fourth-order valence-electron chi connectivity index (χ4n) is 1.68. The molecular formula is C9H16N2O3. The number of rotatable bonds is 2. The summed E-state index contributed by atoms with van der Waals surface area (Å²) in [6, 6.07) is 0. The number of ketones is 1. The third-order valence-electron chi connectivity index (χ3n) is 2.38. The Balaban J connectivity index is 2.55. The van der Waals surface area contributed by atoms with E-state index in [-0.39, 0.29) is 11.7 Å². The first kappa shape index (κ1) is 11.0. The monoisotopic (exact) mass is 200 g/mol. The number of hydrogen-bond donors (Lipinski definition) is 1. The molecule has 1 fully saturated rings. The molecule has 1 saturated heterocycles. The van der Waals surface area contributed by atoms with Gasteiger partial charge in [0, 0.05) is 32.0 Å². The van der Waals surface area contributed by atoms with Crippen molar-refractivity contribution in [2.24, 2.45) is 5.92 Å². The first-order chi connectivity index (χ1) is 6.50. The highest BCUT2D eigenvalue weighted by Crippen LogP contribution is 2.13. The summed E-state index contributed by atoms with van der Waals surface area (Å²) in [5, 5.41) is 8.78. The van der Waals surface area contributed by atoms with E-state index in [2.05, 4.69) is 0 Å². The molecule has 1 N–H and O–H groups in total. The van der Waals surface area contributed by atoms with Crippen molar-refractivity contribution in [2.45, 2.75) is 6.42 Å². The molecule has 5 nitrogen and oxygen atoms in total. The average molecular weight is 200 g/mol. The van der Waals surface area contributed by atoms with Gasteiger partial charge in [-0.3, -0.25) is 4.79 Å². The van der Waals surface area contributed by atoms with Crippen molar-refractivity contribution in [2.75, 3.05) is 33.7 Å². The van der Waals surface area contributed by atoms with Crippen LogP contribution in [0.4, 0.5) is 4.79 Å². The second-order valence-corrected chi connectivity index (χ2v) is 3.90. The predicted octanol–water partition coefficient (Wildman–Crippen LogP) is 0.117. The van der Waals surface area contributed by atoms with Gasteiger partial charge in [0.15, 0.2) is 0 Å². The largest absolute Gasteiger partial charge is 0.465 e. The molecule has 14 heavy (non-hydrogen) atoms. The number of likely N-dealkylation sites (tertiary alicyclic amines) is 1. The lowest BCUT2D eigenvalue weighted by Crippen LogP contribution is -2.46. The third-order valence-corrected chi connectivity index (χ3v) is 2.38. The van der Waals surface area contributed by atoms with Crippen molar-refractivity contribution in [1.29, 1.82) is 0 Å². The Bertz CT molecular complexity index is 240. The molecule has 1 heterocycles. The van der Waals surface area contributed by atoms with E-state index in [0.29, 0.717) is 26.1 Å². The summed E-state index contributed by atoms with van der Waals surface area (Å²) in [6.45, 7) is 1.31. The van der Waals surface area contributed by atoms with E-state index in [0.717, 1.165) is 0 Å². The summed E-state index contributed by atoms with van der Waals surface area (Å²) in [6.07, 6.45) is -0.577. The van der Waals surface area contributed by atoms with Crippen molar-refractivity contribution in [3.63, 3.8) is 0 Å². The molecule has 1 aliphatic heterocycles. The van der Waals surface area contributed by atoms with Crippen LogP contribution in [-0.4, -0.2) is 60.5 Å². The molecule has 1 amide bonds. The Hall–Kier alpha value is -1.10. The summed E-state index contributed by atoms with van der Waals surface area (Å²) in [5.41, 5.74) is 0. The van der Waals surface area contributed by atoms with E-state index in [1.807, 2.05) is 19.0 Å². The summed E-state index contributed by atoms with van der Waals surface area (Å²) < 4.78 is 0. The second-order valence-electron chi connectivity index (χ2n) is 3.90. The van der Waals surface area contributed by atoms with E-state index in [1.54, 1.807) is 0 Å². The van der Waals surface area contributed by atoms with Gasteiger partial charge in [-0.1, -0.05) is 0 Å². The number of piperidine rings is 1. The summed E-state index contributed by atoms with van der Waals surface area (Å²) in [7, 11) is 3.76. The Labute approximate surface area is 83.3 Å². The molecule has 0 aromatic carbocycles. The fourth-order valence-corrected chi connectivity index (χ4v) is 1.68. The first-order valence-electron chi connectivity index (χ1n) is 4.66. The molecule has 0 radical (unpaired) electrons. The second kappa shape index (κ2) is 4.41. The van der Waals surface area contributed by atoms with Crippen LogP contribution >= 0.6 is 0 Å².